The summed E-state index contributed by atoms with van der Waals surface area (Å²) >= 11 is 0. The number of amides is 1. The number of carbonyl (C=O) groups excluding carboxylic acids is 1. The number of rotatable bonds is 7. The van der Waals surface area contributed by atoms with E-state index in [2.05, 4.69) is 15.4 Å². The van der Waals surface area contributed by atoms with E-state index in [9.17, 15) is 35.9 Å². The number of nitrogens with one attached hydrogen (secondary N) is 2. The van der Waals surface area contributed by atoms with Crippen molar-refractivity contribution in [1.29, 1.82) is 0 Å². The summed E-state index contributed by atoms with van der Waals surface area (Å²) in [5.41, 5.74) is -2.31. The Balaban J connectivity index is 1.32. The number of hydrogen-bond acceptors (Lipinski definition) is 6. The van der Waals surface area contributed by atoms with E-state index < -0.39 is 40.8 Å². The van der Waals surface area contributed by atoms with Crippen LogP contribution in [0.2, 0.25) is 0 Å². The lowest BCUT2D eigenvalue weighted by molar-refractivity contribution is -0.138. The number of alkyl halides is 6. The molecule has 1 atom stereocenters. The predicted octanol–water partition coefficient (Wildman–Crippen LogP) is 3.72. The van der Waals surface area contributed by atoms with Crippen LogP contribution in [0.1, 0.15) is 35.7 Å². The maximum atomic E-state index is 13.2. The Morgan fingerprint density at radius 1 is 1.18 bits per heavy atom. The molecule has 2 N–H and O–H groups in total. The van der Waals surface area contributed by atoms with Crippen molar-refractivity contribution in [2.24, 2.45) is 0 Å². The van der Waals surface area contributed by atoms with Gasteiger partial charge in [0.05, 0.1) is 43.6 Å². The minimum atomic E-state index is -4.87. The van der Waals surface area contributed by atoms with Gasteiger partial charge in [-0.3, -0.25) is 9.59 Å². The molecule has 0 radical (unpaired) electrons. The molecule has 9 nitrogen and oxygen atoms in total. The van der Waals surface area contributed by atoms with E-state index >= 15 is 0 Å². The van der Waals surface area contributed by atoms with Crippen molar-refractivity contribution >= 4 is 22.6 Å². The standard InChI is InChI=1S/C23H24F6N6O3/c1-12(32-16-9-31-33-21(37)19(16)23(27,28)29)11-38-6-3-18(36)34-4-5-35-17(10-34)13(2)15-7-14(22(24,25)26)8-30-20(15)35/h7-9,12H,3-6,10-11H2,1-2H3,(H2,32,33,37)/t12-/m0/s1. The lowest BCUT2D eigenvalue weighted by atomic mass is 10.1. The Bertz CT molecular complexity index is 1400. The lowest BCUT2D eigenvalue weighted by Gasteiger charge is -2.29. The second-order valence-corrected chi connectivity index (χ2v) is 8.99. The fourth-order valence-electron chi connectivity index (χ4n) is 4.40. The van der Waals surface area contributed by atoms with Crippen LogP contribution in [-0.2, 0) is 35.0 Å². The normalized spacial score (nSPS) is 15.0. The Kier molecular flexibility index (Phi) is 7.41. The second-order valence-electron chi connectivity index (χ2n) is 8.99. The highest BCUT2D eigenvalue weighted by atomic mass is 19.4. The molecule has 1 aliphatic rings. The molecule has 0 saturated heterocycles. The first-order valence-electron chi connectivity index (χ1n) is 11.6. The molecule has 0 bridgehead atoms. The molecule has 0 unspecified atom stereocenters. The number of aromatic amines is 1. The molecule has 3 aromatic heterocycles. The van der Waals surface area contributed by atoms with Crippen LogP contribution in [0.4, 0.5) is 32.0 Å². The van der Waals surface area contributed by atoms with Crippen molar-refractivity contribution in [1.82, 2.24) is 24.6 Å². The van der Waals surface area contributed by atoms with Gasteiger partial charge in [0.25, 0.3) is 5.56 Å². The fraction of sp³-hybridized carbons (Fsp3) is 0.478. The number of aromatic nitrogens is 4. The number of carbonyl (C=O) groups is 1. The first kappa shape index (κ1) is 27.4. The molecule has 1 aliphatic heterocycles. The van der Waals surface area contributed by atoms with Crippen molar-refractivity contribution in [2.75, 3.05) is 25.1 Å². The largest absolute Gasteiger partial charge is 0.423 e. The van der Waals surface area contributed by atoms with Gasteiger partial charge in [-0.2, -0.15) is 31.4 Å². The lowest BCUT2D eigenvalue weighted by Crippen LogP contribution is -2.38. The molecule has 3 aromatic rings. The van der Waals surface area contributed by atoms with Crippen LogP contribution in [0.15, 0.2) is 23.3 Å². The van der Waals surface area contributed by atoms with Gasteiger partial charge in [-0.15, -0.1) is 0 Å². The van der Waals surface area contributed by atoms with Gasteiger partial charge in [0.2, 0.25) is 5.91 Å². The first-order chi connectivity index (χ1) is 17.8. The summed E-state index contributed by atoms with van der Waals surface area (Å²) in [7, 11) is 0. The van der Waals surface area contributed by atoms with E-state index in [1.807, 2.05) is 4.57 Å². The zero-order chi connectivity index (χ0) is 27.8. The number of hydrogen-bond donors (Lipinski definition) is 2. The minimum Gasteiger partial charge on any atom is -0.379 e. The van der Waals surface area contributed by atoms with E-state index in [0.29, 0.717) is 35.4 Å². The molecule has 0 saturated carbocycles. The van der Waals surface area contributed by atoms with E-state index in [4.69, 9.17) is 4.74 Å². The Morgan fingerprint density at radius 3 is 2.61 bits per heavy atom. The van der Waals surface area contributed by atoms with Crippen molar-refractivity contribution in [3.8, 4) is 0 Å². The van der Waals surface area contributed by atoms with E-state index in [-0.39, 0.29) is 32.1 Å². The topological polar surface area (TPSA) is 105 Å². The summed E-state index contributed by atoms with van der Waals surface area (Å²) in [6.45, 7) is 4.12. The highest BCUT2D eigenvalue weighted by Crippen LogP contribution is 2.34. The highest BCUT2D eigenvalue weighted by Gasteiger charge is 2.37. The van der Waals surface area contributed by atoms with Crippen LogP contribution in [0.3, 0.4) is 0 Å². The summed E-state index contributed by atoms with van der Waals surface area (Å²) in [5.74, 6) is -0.233. The first-order valence-corrected chi connectivity index (χ1v) is 11.6. The van der Waals surface area contributed by atoms with Crippen molar-refractivity contribution in [2.45, 2.75) is 51.8 Å². The third-order valence-corrected chi connectivity index (χ3v) is 6.27. The molecule has 15 heteroatoms. The summed E-state index contributed by atoms with van der Waals surface area (Å²) in [5, 5.41) is 8.08. The molecule has 0 aromatic carbocycles. The third-order valence-electron chi connectivity index (χ3n) is 6.27. The number of pyridine rings is 1. The Morgan fingerprint density at radius 2 is 1.92 bits per heavy atom. The average Bonchev–Trinajstić information content (AvgIpc) is 3.11. The van der Waals surface area contributed by atoms with E-state index in [0.717, 1.165) is 18.5 Å². The van der Waals surface area contributed by atoms with Gasteiger partial charge in [0.1, 0.15) is 11.2 Å². The van der Waals surface area contributed by atoms with Crippen molar-refractivity contribution < 1.29 is 35.9 Å². The number of nitrogens with zero attached hydrogens (tertiary/aromatic N) is 4. The van der Waals surface area contributed by atoms with Gasteiger partial charge in [-0.05, 0) is 25.5 Å². The molecule has 0 aliphatic carbocycles. The number of aryl methyl sites for hydroxylation is 1. The molecular weight excluding hydrogens is 522 g/mol. The summed E-state index contributed by atoms with van der Waals surface area (Å²) in [6.07, 6.45) is -7.72. The molecule has 4 heterocycles. The molecule has 38 heavy (non-hydrogen) atoms. The van der Waals surface area contributed by atoms with E-state index in [1.165, 1.54) is 0 Å². The maximum absolute atomic E-state index is 13.2. The van der Waals surface area contributed by atoms with Gasteiger partial charge >= 0.3 is 12.4 Å². The van der Waals surface area contributed by atoms with Crippen molar-refractivity contribution in [3.05, 3.63) is 51.2 Å². The van der Waals surface area contributed by atoms with Gasteiger partial charge in [0, 0.05) is 36.4 Å². The van der Waals surface area contributed by atoms with Crippen LogP contribution >= 0.6 is 0 Å². The smallest absolute Gasteiger partial charge is 0.379 e. The zero-order valence-electron chi connectivity index (χ0n) is 20.3. The van der Waals surface area contributed by atoms with Crippen LogP contribution in [0, 0.1) is 6.92 Å². The summed E-state index contributed by atoms with van der Waals surface area (Å²) < 4.78 is 86.1. The van der Waals surface area contributed by atoms with E-state index in [1.54, 1.807) is 23.8 Å². The Labute approximate surface area is 211 Å². The SMILES string of the molecule is Cc1c2n(c3ncc(C(F)(F)F)cc13)CCN(C(=O)CCOC[C@H](C)Nc1cn[nH]c(=O)c1C(F)(F)F)C2. The zero-order valence-corrected chi connectivity index (χ0v) is 20.3. The maximum Gasteiger partial charge on any atom is 0.423 e. The molecule has 0 spiro atoms. The molecule has 0 fully saturated rings. The van der Waals surface area contributed by atoms with Gasteiger partial charge in [0.15, 0.2) is 0 Å². The summed E-state index contributed by atoms with van der Waals surface area (Å²) in [4.78, 5) is 29.9. The summed E-state index contributed by atoms with van der Waals surface area (Å²) in [6, 6.07) is 0.439. The number of ether oxygens (including phenoxy) is 1. The predicted molar refractivity (Wildman–Crippen MR) is 123 cm³/mol. The third kappa shape index (κ3) is 5.61. The van der Waals surface area contributed by atoms with Gasteiger partial charge in [-0.1, -0.05) is 0 Å². The molecule has 1 amide bonds. The fourth-order valence-corrected chi connectivity index (χ4v) is 4.40. The van der Waals surface area contributed by atoms with Gasteiger partial charge in [-0.25, -0.2) is 10.1 Å². The van der Waals surface area contributed by atoms with Crippen LogP contribution in [0.5, 0.6) is 0 Å². The number of H-pyrrole nitrogens is 1. The second kappa shape index (κ2) is 10.3. The number of fused-ring (bicyclic) bond motifs is 3. The average molecular weight is 546 g/mol. The van der Waals surface area contributed by atoms with Crippen LogP contribution < -0.4 is 10.9 Å². The Hall–Kier alpha value is -3.62. The number of anilines is 1. The monoisotopic (exact) mass is 546 g/mol. The van der Waals surface area contributed by atoms with Crippen molar-refractivity contribution in [3.63, 3.8) is 0 Å². The molecule has 4 rings (SSSR count). The number of halogens is 6. The van der Waals surface area contributed by atoms with Crippen LogP contribution in [-0.4, -0.2) is 56.4 Å². The van der Waals surface area contributed by atoms with Gasteiger partial charge < -0.3 is 19.5 Å². The minimum absolute atomic E-state index is 0.000424. The highest BCUT2D eigenvalue weighted by molar-refractivity contribution is 5.83. The molecule has 206 valence electrons. The van der Waals surface area contributed by atoms with Crippen LogP contribution in [0.25, 0.3) is 11.0 Å². The quantitative estimate of drug-likeness (QED) is 0.346. The molecular formula is C23H24F6N6O3.